The second kappa shape index (κ2) is 5.56. The summed E-state index contributed by atoms with van der Waals surface area (Å²) in [7, 11) is 2.14. The number of ether oxygens (including phenoxy) is 1. The van der Waals surface area contributed by atoms with E-state index in [4.69, 9.17) is 4.74 Å². The summed E-state index contributed by atoms with van der Waals surface area (Å²) in [5, 5.41) is 12.8. The molecule has 0 amide bonds. The van der Waals surface area contributed by atoms with Crippen LogP contribution in [0.3, 0.4) is 0 Å². The monoisotopic (exact) mass is 251 g/mol. The van der Waals surface area contributed by atoms with Crippen molar-refractivity contribution in [3.05, 3.63) is 0 Å². The van der Waals surface area contributed by atoms with Crippen LogP contribution in [0.5, 0.6) is 0 Å². The van der Waals surface area contributed by atoms with E-state index in [1.807, 2.05) is 6.92 Å². The largest absolute Gasteiger partial charge is 0.377 e. The predicted octanol–water partition coefficient (Wildman–Crippen LogP) is 1.52. The van der Waals surface area contributed by atoms with Crippen LogP contribution in [0.4, 0.5) is 0 Å². The lowest BCUT2D eigenvalue weighted by Gasteiger charge is -2.30. The van der Waals surface area contributed by atoms with Gasteiger partial charge in [0.1, 0.15) is 5.54 Å². The number of hydrogen-bond acceptors (Lipinski definition) is 4. The zero-order valence-electron chi connectivity index (χ0n) is 11.8. The van der Waals surface area contributed by atoms with Crippen LogP contribution in [0.2, 0.25) is 0 Å². The Hall–Kier alpha value is -0.630. The molecule has 18 heavy (non-hydrogen) atoms. The fourth-order valence-corrected chi connectivity index (χ4v) is 2.70. The molecule has 1 heterocycles. The predicted molar refractivity (Wildman–Crippen MR) is 71.2 cm³/mol. The molecule has 1 saturated carbocycles. The van der Waals surface area contributed by atoms with Crippen LogP contribution in [-0.2, 0) is 4.74 Å². The first-order chi connectivity index (χ1) is 8.54. The molecule has 0 aromatic heterocycles. The number of nitrogens with one attached hydrogen (secondary N) is 1. The second-order valence-corrected chi connectivity index (χ2v) is 6.03. The molecule has 0 spiro atoms. The molecule has 4 heteroatoms. The van der Waals surface area contributed by atoms with Crippen molar-refractivity contribution < 1.29 is 4.74 Å². The van der Waals surface area contributed by atoms with Gasteiger partial charge in [0.15, 0.2) is 0 Å². The van der Waals surface area contributed by atoms with E-state index in [2.05, 4.69) is 30.3 Å². The van der Waals surface area contributed by atoms with Crippen molar-refractivity contribution in [3.8, 4) is 6.07 Å². The van der Waals surface area contributed by atoms with Crippen LogP contribution < -0.4 is 5.32 Å². The molecule has 3 unspecified atom stereocenters. The third kappa shape index (κ3) is 3.44. The molecule has 1 aliphatic carbocycles. The molecule has 1 saturated heterocycles. The van der Waals surface area contributed by atoms with Crippen molar-refractivity contribution in [2.24, 2.45) is 0 Å². The van der Waals surface area contributed by atoms with Crippen LogP contribution in [0.25, 0.3) is 0 Å². The molecule has 1 N–H and O–H groups in total. The summed E-state index contributed by atoms with van der Waals surface area (Å²) in [5.74, 6) is 0. The van der Waals surface area contributed by atoms with Crippen molar-refractivity contribution in [1.29, 1.82) is 5.26 Å². The Morgan fingerprint density at radius 3 is 2.67 bits per heavy atom. The molecule has 2 fully saturated rings. The van der Waals surface area contributed by atoms with E-state index in [0.29, 0.717) is 18.2 Å². The maximum Gasteiger partial charge on any atom is 0.105 e. The lowest BCUT2D eigenvalue weighted by atomic mass is 9.98. The SMILES string of the molecule is CC1OCCC1N(C)CCC(C)(C#N)NC1CC1. The molecule has 2 rings (SSSR count). The van der Waals surface area contributed by atoms with Gasteiger partial charge in [-0.25, -0.2) is 0 Å². The van der Waals surface area contributed by atoms with Gasteiger partial charge in [-0.15, -0.1) is 0 Å². The molecule has 4 nitrogen and oxygen atoms in total. The normalized spacial score (nSPS) is 31.3. The Kier molecular flexibility index (Phi) is 4.26. The fraction of sp³-hybridized carbons (Fsp3) is 0.929. The highest BCUT2D eigenvalue weighted by Gasteiger charge is 2.34. The van der Waals surface area contributed by atoms with Gasteiger partial charge in [-0.2, -0.15) is 5.26 Å². The average molecular weight is 251 g/mol. The fourth-order valence-electron chi connectivity index (χ4n) is 2.70. The third-order valence-electron chi connectivity index (χ3n) is 4.21. The van der Waals surface area contributed by atoms with Crippen LogP contribution in [0.1, 0.15) is 39.5 Å². The molecule has 0 aromatic rings. The molecule has 2 aliphatic rings. The summed E-state index contributed by atoms with van der Waals surface area (Å²) in [6.07, 6.45) is 4.75. The number of hydrogen-bond donors (Lipinski definition) is 1. The minimum Gasteiger partial charge on any atom is -0.377 e. The minimum absolute atomic E-state index is 0.319. The molecule has 1 aliphatic heterocycles. The molecule has 0 radical (unpaired) electrons. The smallest absolute Gasteiger partial charge is 0.105 e. The first-order valence-corrected chi connectivity index (χ1v) is 7.05. The summed E-state index contributed by atoms with van der Waals surface area (Å²) in [5.41, 5.74) is -0.377. The minimum atomic E-state index is -0.377. The Morgan fingerprint density at radius 1 is 1.44 bits per heavy atom. The summed E-state index contributed by atoms with van der Waals surface area (Å²) >= 11 is 0. The number of likely N-dealkylation sites (N-methyl/N-ethyl adjacent to an activating group) is 1. The number of nitrogens with zero attached hydrogens (tertiary/aromatic N) is 2. The number of nitriles is 1. The van der Waals surface area contributed by atoms with Crippen molar-refractivity contribution >= 4 is 0 Å². The van der Waals surface area contributed by atoms with Crippen LogP contribution in [0.15, 0.2) is 0 Å². The van der Waals surface area contributed by atoms with Gasteiger partial charge in [-0.1, -0.05) is 0 Å². The molecular formula is C14H25N3O. The summed E-state index contributed by atoms with van der Waals surface area (Å²) in [6, 6.07) is 3.52. The zero-order valence-corrected chi connectivity index (χ0v) is 11.8. The zero-order chi connectivity index (χ0) is 13.2. The van der Waals surface area contributed by atoms with Crippen LogP contribution in [-0.4, -0.2) is 48.8 Å². The van der Waals surface area contributed by atoms with E-state index >= 15 is 0 Å². The van der Waals surface area contributed by atoms with E-state index in [1.54, 1.807) is 0 Å². The Morgan fingerprint density at radius 2 is 2.17 bits per heavy atom. The van der Waals surface area contributed by atoms with Gasteiger partial charge < -0.3 is 9.64 Å². The second-order valence-electron chi connectivity index (χ2n) is 6.03. The Labute approximate surface area is 110 Å². The van der Waals surface area contributed by atoms with Gasteiger partial charge in [0.25, 0.3) is 0 Å². The maximum absolute atomic E-state index is 9.34. The van der Waals surface area contributed by atoms with Gasteiger partial charge >= 0.3 is 0 Å². The van der Waals surface area contributed by atoms with Crippen molar-refractivity contribution in [2.75, 3.05) is 20.2 Å². The van der Waals surface area contributed by atoms with E-state index < -0.39 is 0 Å². The van der Waals surface area contributed by atoms with Gasteiger partial charge in [0.05, 0.1) is 12.2 Å². The highest BCUT2D eigenvalue weighted by Crippen LogP contribution is 2.25. The van der Waals surface area contributed by atoms with Gasteiger partial charge in [0, 0.05) is 25.2 Å². The Balaban J connectivity index is 1.79. The van der Waals surface area contributed by atoms with E-state index in [9.17, 15) is 5.26 Å². The number of rotatable bonds is 6. The van der Waals surface area contributed by atoms with Crippen LogP contribution in [0, 0.1) is 11.3 Å². The van der Waals surface area contributed by atoms with Crippen LogP contribution >= 0.6 is 0 Å². The molecule has 102 valence electrons. The maximum atomic E-state index is 9.34. The molecule has 0 aromatic carbocycles. The first-order valence-electron chi connectivity index (χ1n) is 7.05. The third-order valence-corrected chi connectivity index (χ3v) is 4.21. The highest BCUT2D eigenvalue weighted by molar-refractivity contribution is 5.07. The van der Waals surface area contributed by atoms with Crippen molar-refractivity contribution in [2.45, 2.75) is 63.3 Å². The quantitative estimate of drug-likeness (QED) is 0.777. The summed E-state index contributed by atoms with van der Waals surface area (Å²) < 4.78 is 5.60. The standard InChI is InChI=1S/C14H25N3O/c1-11-13(6-9-18-11)17(3)8-7-14(2,10-15)16-12-4-5-12/h11-13,16H,4-9H2,1-3H3. The average Bonchev–Trinajstić information content (AvgIpc) is 3.05. The lowest BCUT2D eigenvalue weighted by Crippen LogP contribution is -2.46. The van der Waals surface area contributed by atoms with Gasteiger partial charge in [-0.3, -0.25) is 5.32 Å². The van der Waals surface area contributed by atoms with E-state index in [-0.39, 0.29) is 5.54 Å². The van der Waals surface area contributed by atoms with E-state index in [1.165, 1.54) is 12.8 Å². The summed E-state index contributed by atoms with van der Waals surface area (Å²) in [4.78, 5) is 2.35. The molecule has 3 atom stereocenters. The van der Waals surface area contributed by atoms with Crippen molar-refractivity contribution in [3.63, 3.8) is 0 Å². The summed E-state index contributed by atoms with van der Waals surface area (Å²) in [6.45, 7) is 5.97. The topological polar surface area (TPSA) is 48.3 Å². The highest BCUT2D eigenvalue weighted by atomic mass is 16.5. The molecule has 0 bridgehead atoms. The lowest BCUT2D eigenvalue weighted by molar-refractivity contribution is 0.0814. The Bertz CT molecular complexity index is 323. The molecular weight excluding hydrogens is 226 g/mol. The van der Waals surface area contributed by atoms with E-state index in [0.717, 1.165) is 26.0 Å². The first kappa shape index (κ1) is 13.8. The van der Waals surface area contributed by atoms with Gasteiger partial charge in [0.2, 0.25) is 0 Å². The van der Waals surface area contributed by atoms with Gasteiger partial charge in [-0.05, 0) is 46.6 Å². The van der Waals surface area contributed by atoms with Crippen molar-refractivity contribution in [1.82, 2.24) is 10.2 Å².